The minimum atomic E-state index is 0.665. The molecule has 0 unspecified atom stereocenters. The van der Waals surface area contributed by atoms with E-state index in [2.05, 4.69) is 75.2 Å². The highest BCUT2D eigenvalue weighted by molar-refractivity contribution is 5.97. The van der Waals surface area contributed by atoms with Crippen LogP contribution in [0, 0.1) is 0 Å². The van der Waals surface area contributed by atoms with Crippen LogP contribution < -0.4 is 10.2 Å². The first kappa shape index (κ1) is 17.3. The molecule has 3 aromatic rings. The molecule has 4 rings (SSSR count). The third kappa shape index (κ3) is 4.03. The van der Waals surface area contributed by atoms with Crippen molar-refractivity contribution < 1.29 is 0 Å². The Balaban J connectivity index is 1.51. The number of aliphatic imine (C=N–C) groups is 1. The molecule has 0 spiro atoms. The van der Waals surface area contributed by atoms with Gasteiger partial charge in [-0.2, -0.15) is 0 Å². The standard InChI is InChI=1S/C22H25N5/c1-2-24-22(27-12-10-20-8-3-4-9-21(20)27)25-15-18-6-5-7-19(14-18)16-26-13-11-23-17-26/h3-9,11,13-14,17H,2,10,12,15-16H2,1H3,(H,24,25). The molecule has 1 N–H and O–H groups in total. The summed E-state index contributed by atoms with van der Waals surface area (Å²) in [5, 5.41) is 3.45. The lowest BCUT2D eigenvalue weighted by atomic mass is 10.1. The minimum absolute atomic E-state index is 0.665. The largest absolute Gasteiger partial charge is 0.356 e. The number of benzene rings is 2. The van der Waals surface area contributed by atoms with Gasteiger partial charge in [-0.15, -0.1) is 0 Å². The maximum atomic E-state index is 4.92. The molecule has 1 aliphatic rings. The minimum Gasteiger partial charge on any atom is -0.356 e. The van der Waals surface area contributed by atoms with Gasteiger partial charge in [-0.05, 0) is 36.1 Å². The lowest BCUT2D eigenvalue weighted by molar-refractivity contribution is 0.795. The van der Waals surface area contributed by atoms with Crippen molar-refractivity contribution >= 4 is 11.6 Å². The van der Waals surface area contributed by atoms with Crippen molar-refractivity contribution in [2.24, 2.45) is 4.99 Å². The van der Waals surface area contributed by atoms with Gasteiger partial charge in [0, 0.05) is 37.7 Å². The summed E-state index contributed by atoms with van der Waals surface area (Å²) in [6, 6.07) is 17.2. The smallest absolute Gasteiger partial charge is 0.198 e. The fourth-order valence-corrected chi connectivity index (χ4v) is 3.54. The van der Waals surface area contributed by atoms with E-state index < -0.39 is 0 Å². The van der Waals surface area contributed by atoms with Crippen LogP contribution in [0.1, 0.15) is 23.6 Å². The van der Waals surface area contributed by atoms with Crippen LogP contribution in [0.4, 0.5) is 5.69 Å². The lowest BCUT2D eigenvalue weighted by Gasteiger charge is -2.22. The van der Waals surface area contributed by atoms with Crippen LogP contribution in [-0.2, 0) is 19.5 Å². The molecular formula is C22H25N5. The maximum Gasteiger partial charge on any atom is 0.198 e. The zero-order valence-corrected chi connectivity index (χ0v) is 15.7. The molecule has 0 aliphatic carbocycles. The maximum absolute atomic E-state index is 4.92. The molecule has 138 valence electrons. The van der Waals surface area contributed by atoms with Crippen LogP contribution in [-0.4, -0.2) is 28.6 Å². The fraction of sp³-hybridized carbons (Fsp3) is 0.273. The molecule has 5 nitrogen and oxygen atoms in total. The third-order valence-electron chi connectivity index (χ3n) is 4.80. The van der Waals surface area contributed by atoms with Crippen molar-refractivity contribution in [1.29, 1.82) is 0 Å². The van der Waals surface area contributed by atoms with Crippen LogP contribution in [0.2, 0.25) is 0 Å². The summed E-state index contributed by atoms with van der Waals surface area (Å²) in [6.45, 7) is 5.45. The molecule has 0 fully saturated rings. The first-order chi connectivity index (χ1) is 13.3. The van der Waals surface area contributed by atoms with E-state index in [0.717, 1.165) is 32.0 Å². The summed E-state index contributed by atoms with van der Waals surface area (Å²) in [7, 11) is 0. The summed E-state index contributed by atoms with van der Waals surface area (Å²) in [5.41, 5.74) is 5.14. The summed E-state index contributed by atoms with van der Waals surface area (Å²) >= 11 is 0. The average Bonchev–Trinajstić information content (AvgIpc) is 3.35. The molecule has 1 aliphatic heterocycles. The highest BCUT2D eigenvalue weighted by atomic mass is 15.3. The summed E-state index contributed by atoms with van der Waals surface area (Å²) in [6.07, 6.45) is 6.71. The average molecular weight is 359 g/mol. The molecule has 27 heavy (non-hydrogen) atoms. The molecule has 5 heteroatoms. The molecule has 0 saturated carbocycles. The van der Waals surface area contributed by atoms with Crippen molar-refractivity contribution in [3.63, 3.8) is 0 Å². The van der Waals surface area contributed by atoms with Crippen LogP contribution in [0.15, 0.2) is 72.2 Å². The highest BCUT2D eigenvalue weighted by Crippen LogP contribution is 2.27. The molecule has 0 atom stereocenters. The van der Waals surface area contributed by atoms with E-state index in [0.29, 0.717) is 6.54 Å². The summed E-state index contributed by atoms with van der Waals surface area (Å²) in [4.78, 5) is 11.3. The second kappa shape index (κ2) is 8.08. The van der Waals surface area contributed by atoms with Crippen molar-refractivity contribution in [2.45, 2.75) is 26.4 Å². The Bertz CT molecular complexity index is 914. The number of imidazole rings is 1. The topological polar surface area (TPSA) is 45.5 Å². The highest BCUT2D eigenvalue weighted by Gasteiger charge is 2.22. The number of rotatable bonds is 5. The SMILES string of the molecule is CCNC(=NCc1cccc(Cn2ccnc2)c1)N1CCc2ccccc21. The quantitative estimate of drug-likeness (QED) is 0.560. The van der Waals surface area contributed by atoms with Gasteiger partial charge >= 0.3 is 0 Å². The molecular weight excluding hydrogens is 334 g/mol. The van der Waals surface area contributed by atoms with Crippen molar-refractivity contribution in [2.75, 3.05) is 18.0 Å². The van der Waals surface area contributed by atoms with Crippen LogP contribution in [0.25, 0.3) is 0 Å². The van der Waals surface area contributed by atoms with Gasteiger partial charge in [0.25, 0.3) is 0 Å². The van der Waals surface area contributed by atoms with E-state index in [1.54, 1.807) is 0 Å². The van der Waals surface area contributed by atoms with Crippen molar-refractivity contribution in [3.8, 4) is 0 Å². The van der Waals surface area contributed by atoms with Gasteiger partial charge in [0.05, 0.1) is 12.9 Å². The van der Waals surface area contributed by atoms with Crippen molar-refractivity contribution in [1.82, 2.24) is 14.9 Å². The predicted molar refractivity (Wildman–Crippen MR) is 110 cm³/mol. The number of hydrogen-bond donors (Lipinski definition) is 1. The number of hydrogen-bond acceptors (Lipinski definition) is 2. The van der Waals surface area contributed by atoms with Gasteiger partial charge in [0.2, 0.25) is 0 Å². The van der Waals surface area contributed by atoms with Gasteiger partial charge in [-0.1, -0.05) is 42.5 Å². The van der Waals surface area contributed by atoms with Crippen LogP contribution in [0.5, 0.6) is 0 Å². The lowest BCUT2D eigenvalue weighted by Crippen LogP contribution is -2.40. The van der Waals surface area contributed by atoms with E-state index in [4.69, 9.17) is 4.99 Å². The van der Waals surface area contributed by atoms with Crippen LogP contribution >= 0.6 is 0 Å². The molecule has 0 amide bonds. The number of nitrogens with zero attached hydrogens (tertiary/aromatic N) is 4. The van der Waals surface area contributed by atoms with E-state index in [9.17, 15) is 0 Å². The Morgan fingerprint density at radius 3 is 2.89 bits per heavy atom. The van der Waals surface area contributed by atoms with Crippen LogP contribution in [0.3, 0.4) is 0 Å². The van der Waals surface area contributed by atoms with E-state index >= 15 is 0 Å². The Kier molecular flexibility index (Phi) is 5.19. The van der Waals surface area contributed by atoms with Gasteiger partial charge < -0.3 is 14.8 Å². The number of guanidine groups is 1. The Hall–Kier alpha value is -3.08. The third-order valence-corrected chi connectivity index (χ3v) is 4.80. The monoisotopic (exact) mass is 359 g/mol. The zero-order valence-electron chi connectivity index (χ0n) is 15.7. The molecule has 1 aromatic heterocycles. The van der Waals surface area contributed by atoms with Crippen molar-refractivity contribution in [3.05, 3.63) is 83.9 Å². The molecule has 2 heterocycles. The Morgan fingerprint density at radius 2 is 2.04 bits per heavy atom. The summed E-state index contributed by atoms with van der Waals surface area (Å²) < 4.78 is 2.08. The van der Waals surface area contributed by atoms with E-state index in [-0.39, 0.29) is 0 Å². The number of aromatic nitrogens is 2. The predicted octanol–water partition coefficient (Wildman–Crippen LogP) is 3.46. The van der Waals surface area contributed by atoms with Gasteiger partial charge in [-0.3, -0.25) is 0 Å². The molecule has 0 bridgehead atoms. The Labute approximate surface area is 160 Å². The second-order valence-electron chi connectivity index (χ2n) is 6.76. The Morgan fingerprint density at radius 1 is 1.15 bits per heavy atom. The van der Waals surface area contributed by atoms with E-state index in [1.807, 2.05) is 18.7 Å². The zero-order chi connectivity index (χ0) is 18.5. The fourth-order valence-electron chi connectivity index (χ4n) is 3.54. The molecule has 2 aromatic carbocycles. The normalized spacial score (nSPS) is 13.7. The molecule has 0 radical (unpaired) electrons. The number of anilines is 1. The number of fused-ring (bicyclic) bond motifs is 1. The van der Waals surface area contributed by atoms with Gasteiger partial charge in [0.15, 0.2) is 5.96 Å². The number of nitrogens with one attached hydrogen (secondary N) is 1. The van der Waals surface area contributed by atoms with Gasteiger partial charge in [0.1, 0.15) is 0 Å². The van der Waals surface area contributed by atoms with Gasteiger partial charge in [-0.25, -0.2) is 9.98 Å². The van der Waals surface area contributed by atoms with E-state index in [1.165, 1.54) is 22.4 Å². The number of para-hydroxylation sites is 1. The molecule has 0 saturated heterocycles. The summed E-state index contributed by atoms with van der Waals surface area (Å²) in [5.74, 6) is 0.961. The first-order valence-corrected chi connectivity index (χ1v) is 9.51. The second-order valence-corrected chi connectivity index (χ2v) is 6.76. The first-order valence-electron chi connectivity index (χ1n) is 9.51.